The topological polar surface area (TPSA) is 67.6 Å². The minimum atomic E-state index is -0.449. The molecule has 6 nitrogen and oxygen atoms in total. The quantitative estimate of drug-likeness (QED) is 0.817. The first-order valence-electron chi connectivity index (χ1n) is 6.26. The Morgan fingerprint density at radius 2 is 2.56 bits per heavy atom. The van der Waals surface area contributed by atoms with Crippen LogP contribution in [0.15, 0.2) is 10.7 Å². The Bertz CT molecular complexity index is 405. The van der Waals surface area contributed by atoms with Crippen molar-refractivity contribution < 1.29 is 13.9 Å². The standard InChI is InChI=1S/C12H19N3O3/c1-3-17-11(16)10-8-18-12(14-10)13-9-5-4-6-15(2)7-9/h8-9H,3-7H2,1-2H3,(H,13,14). The van der Waals surface area contributed by atoms with Gasteiger partial charge in [-0.05, 0) is 33.4 Å². The summed E-state index contributed by atoms with van der Waals surface area (Å²) < 4.78 is 10.1. The maximum Gasteiger partial charge on any atom is 0.360 e. The van der Waals surface area contributed by atoms with E-state index in [1.54, 1.807) is 6.92 Å². The van der Waals surface area contributed by atoms with E-state index in [-0.39, 0.29) is 5.69 Å². The monoisotopic (exact) mass is 253 g/mol. The molecule has 1 aromatic rings. The molecule has 0 saturated carbocycles. The van der Waals surface area contributed by atoms with Crippen molar-refractivity contribution in [3.63, 3.8) is 0 Å². The number of anilines is 1. The molecule has 0 radical (unpaired) electrons. The van der Waals surface area contributed by atoms with Crippen LogP contribution in [0.5, 0.6) is 0 Å². The Morgan fingerprint density at radius 3 is 3.28 bits per heavy atom. The summed E-state index contributed by atoms with van der Waals surface area (Å²) in [6.45, 7) is 4.17. The zero-order chi connectivity index (χ0) is 13.0. The van der Waals surface area contributed by atoms with Gasteiger partial charge in [-0.15, -0.1) is 0 Å². The van der Waals surface area contributed by atoms with Crippen molar-refractivity contribution in [1.82, 2.24) is 9.88 Å². The second-order valence-corrected chi connectivity index (χ2v) is 4.50. The van der Waals surface area contributed by atoms with E-state index in [0.29, 0.717) is 18.7 Å². The van der Waals surface area contributed by atoms with Crippen molar-refractivity contribution in [2.45, 2.75) is 25.8 Å². The maximum atomic E-state index is 11.4. The first kappa shape index (κ1) is 12.9. The highest BCUT2D eigenvalue weighted by molar-refractivity contribution is 5.87. The Kier molecular flexibility index (Phi) is 4.19. The zero-order valence-corrected chi connectivity index (χ0v) is 10.8. The molecule has 0 amide bonds. The number of carbonyl (C=O) groups is 1. The lowest BCUT2D eigenvalue weighted by atomic mass is 10.1. The minimum absolute atomic E-state index is 0.212. The molecule has 1 N–H and O–H groups in total. The summed E-state index contributed by atoms with van der Waals surface area (Å²) in [5, 5.41) is 3.20. The van der Waals surface area contributed by atoms with Gasteiger partial charge in [0.05, 0.1) is 6.61 Å². The maximum absolute atomic E-state index is 11.4. The van der Waals surface area contributed by atoms with Crippen LogP contribution in [0.1, 0.15) is 30.3 Å². The third-order valence-corrected chi connectivity index (χ3v) is 2.94. The van der Waals surface area contributed by atoms with Gasteiger partial charge in [-0.1, -0.05) is 0 Å². The SMILES string of the molecule is CCOC(=O)c1coc(NC2CCCN(C)C2)n1. The number of oxazole rings is 1. The van der Waals surface area contributed by atoms with Crippen molar-refractivity contribution >= 4 is 12.0 Å². The van der Waals surface area contributed by atoms with E-state index < -0.39 is 5.97 Å². The lowest BCUT2D eigenvalue weighted by molar-refractivity contribution is 0.0519. The van der Waals surface area contributed by atoms with Gasteiger partial charge >= 0.3 is 5.97 Å². The fourth-order valence-electron chi connectivity index (χ4n) is 2.10. The summed E-state index contributed by atoms with van der Waals surface area (Å²) in [5.74, 6) is -0.449. The first-order chi connectivity index (χ1) is 8.69. The van der Waals surface area contributed by atoms with Crippen LogP contribution in [-0.2, 0) is 4.74 Å². The van der Waals surface area contributed by atoms with Gasteiger partial charge in [-0.25, -0.2) is 4.79 Å². The zero-order valence-electron chi connectivity index (χ0n) is 10.8. The number of carbonyl (C=O) groups excluding carboxylic acids is 1. The molecule has 0 aliphatic carbocycles. The number of nitrogens with one attached hydrogen (secondary N) is 1. The summed E-state index contributed by atoms with van der Waals surface area (Å²) >= 11 is 0. The molecule has 0 bridgehead atoms. The Hall–Kier alpha value is -1.56. The van der Waals surface area contributed by atoms with Crippen molar-refractivity contribution in [2.75, 3.05) is 32.1 Å². The van der Waals surface area contributed by atoms with Gasteiger partial charge in [0.2, 0.25) is 0 Å². The molecule has 1 unspecified atom stereocenters. The molecular weight excluding hydrogens is 234 g/mol. The predicted octanol–water partition coefficient (Wildman–Crippen LogP) is 1.36. The normalized spacial score (nSPS) is 20.7. The Labute approximate surface area is 106 Å². The van der Waals surface area contributed by atoms with Gasteiger partial charge in [0.15, 0.2) is 5.69 Å². The Balaban J connectivity index is 1.91. The number of hydrogen-bond donors (Lipinski definition) is 1. The van der Waals surface area contributed by atoms with Gasteiger partial charge < -0.3 is 19.4 Å². The van der Waals surface area contributed by atoms with Gasteiger partial charge in [0.1, 0.15) is 6.26 Å². The number of piperidine rings is 1. The number of likely N-dealkylation sites (tertiary alicyclic amines) is 1. The summed E-state index contributed by atoms with van der Waals surface area (Å²) in [5.41, 5.74) is 0.212. The molecular formula is C12H19N3O3. The fourth-order valence-corrected chi connectivity index (χ4v) is 2.10. The van der Waals surface area contributed by atoms with Crippen LogP contribution in [0, 0.1) is 0 Å². The lowest BCUT2D eigenvalue weighted by Crippen LogP contribution is -2.39. The van der Waals surface area contributed by atoms with Crippen molar-refractivity contribution in [2.24, 2.45) is 0 Å². The van der Waals surface area contributed by atoms with Crippen LogP contribution in [0.3, 0.4) is 0 Å². The number of esters is 1. The third-order valence-electron chi connectivity index (χ3n) is 2.94. The first-order valence-corrected chi connectivity index (χ1v) is 6.26. The molecule has 6 heteroatoms. The van der Waals surface area contributed by atoms with E-state index in [2.05, 4.69) is 22.2 Å². The largest absolute Gasteiger partial charge is 0.461 e. The molecule has 0 aromatic carbocycles. The minimum Gasteiger partial charge on any atom is -0.461 e. The van der Waals surface area contributed by atoms with E-state index in [9.17, 15) is 4.79 Å². The van der Waals surface area contributed by atoms with Gasteiger partial charge in [-0.2, -0.15) is 4.98 Å². The molecule has 2 rings (SSSR count). The number of likely N-dealkylation sites (N-methyl/N-ethyl adjacent to an activating group) is 1. The molecule has 18 heavy (non-hydrogen) atoms. The highest BCUT2D eigenvalue weighted by Gasteiger charge is 2.20. The molecule has 1 aromatic heterocycles. The molecule has 1 saturated heterocycles. The third kappa shape index (κ3) is 3.22. The molecule has 1 fully saturated rings. The van der Waals surface area contributed by atoms with Gasteiger partial charge in [0, 0.05) is 12.6 Å². The highest BCUT2D eigenvalue weighted by atomic mass is 16.5. The van der Waals surface area contributed by atoms with Crippen LogP contribution in [0.25, 0.3) is 0 Å². The number of ether oxygens (including phenoxy) is 1. The van der Waals surface area contributed by atoms with Crippen molar-refractivity contribution in [3.8, 4) is 0 Å². The molecule has 1 atom stereocenters. The number of nitrogens with zero attached hydrogens (tertiary/aromatic N) is 2. The van der Waals surface area contributed by atoms with Crippen molar-refractivity contribution in [1.29, 1.82) is 0 Å². The lowest BCUT2D eigenvalue weighted by Gasteiger charge is -2.29. The van der Waals surface area contributed by atoms with E-state index in [0.717, 1.165) is 25.9 Å². The smallest absolute Gasteiger partial charge is 0.360 e. The second-order valence-electron chi connectivity index (χ2n) is 4.50. The number of aromatic nitrogens is 1. The average molecular weight is 253 g/mol. The van der Waals surface area contributed by atoms with Gasteiger partial charge in [-0.3, -0.25) is 0 Å². The summed E-state index contributed by atoms with van der Waals surface area (Å²) in [6, 6.07) is 0.704. The van der Waals surface area contributed by atoms with Crippen LogP contribution in [0.2, 0.25) is 0 Å². The van der Waals surface area contributed by atoms with Crippen molar-refractivity contribution in [3.05, 3.63) is 12.0 Å². The average Bonchev–Trinajstić information content (AvgIpc) is 2.78. The van der Waals surface area contributed by atoms with Crippen LogP contribution in [0.4, 0.5) is 6.01 Å². The van der Waals surface area contributed by atoms with Crippen LogP contribution in [-0.4, -0.2) is 48.6 Å². The molecule has 0 spiro atoms. The van der Waals surface area contributed by atoms with E-state index in [4.69, 9.17) is 9.15 Å². The van der Waals surface area contributed by atoms with E-state index >= 15 is 0 Å². The summed E-state index contributed by atoms with van der Waals surface area (Å²) in [4.78, 5) is 17.8. The number of rotatable bonds is 4. The summed E-state index contributed by atoms with van der Waals surface area (Å²) in [6.07, 6.45) is 3.56. The molecule has 1 aliphatic rings. The fraction of sp³-hybridized carbons (Fsp3) is 0.667. The number of hydrogen-bond acceptors (Lipinski definition) is 6. The van der Waals surface area contributed by atoms with Crippen LogP contribution >= 0.6 is 0 Å². The van der Waals surface area contributed by atoms with Gasteiger partial charge in [0.25, 0.3) is 6.01 Å². The predicted molar refractivity (Wildman–Crippen MR) is 66.6 cm³/mol. The second kappa shape index (κ2) is 5.86. The van der Waals surface area contributed by atoms with E-state index in [1.165, 1.54) is 6.26 Å². The molecule has 2 heterocycles. The Morgan fingerprint density at radius 1 is 1.72 bits per heavy atom. The summed E-state index contributed by atoms with van der Waals surface area (Å²) in [7, 11) is 2.09. The van der Waals surface area contributed by atoms with E-state index in [1.807, 2.05) is 0 Å². The molecule has 1 aliphatic heterocycles. The van der Waals surface area contributed by atoms with Crippen LogP contribution < -0.4 is 5.32 Å². The molecule has 100 valence electrons. The highest BCUT2D eigenvalue weighted by Crippen LogP contribution is 2.15.